The zero-order valence-electron chi connectivity index (χ0n) is 18.5. The molecular weight excluding hydrogens is 467 g/mol. The average molecular weight is 492 g/mol. The number of anilines is 2. The lowest BCUT2D eigenvalue weighted by molar-refractivity contribution is -0.137. The fourth-order valence-corrected chi connectivity index (χ4v) is 4.55. The zero-order valence-corrected chi connectivity index (χ0v) is 19.3. The van der Waals surface area contributed by atoms with Crippen molar-refractivity contribution >= 4 is 40.1 Å². The third-order valence-corrected chi connectivity index (χ3v) is 6.51. The second-order valence-corrected chi connectivity index (χ2v) is 9.27. The van der Waals surface area contributed by atoms with Crippen LogP contribution in [0.15, 0.2) is 53.5 Å². The van der Waals surface area contributed by atoms with Crippen molar-refractivity contribution in [3.8, 4) is 0 Å². The normalized spacial score (nSPS) is 20.4. The number of rotatable bonds is 5. The van der Waals surface area contributed by atoms with Crippen molar-refractivity contribution in [1.82, 2.24) is 10.9 Å². The monoisotopic (exact) mass is 491 g/mol. The number of fused-ring (bicyclic) bond motifs is 1. The van der Waals surface area contributed by atoms with E-state index in [0.717, 1.165) is 29.5 Å². The van der Waals surface area contributed by atoms with Crippen molar-refractivity contribution < 1.29 is 22.8 Å². The van der Waals surface area contributed by atoms with Crippen molar-refractivity contribution in [2.75, 3.05) is 22.5 Å². The SMILES string of the molecule is CC(C)c1ccc(NC(=O)CSC2=NC3NNCC3C(=O)N2c2cccc(C(F)(F)F)c2)cc1. The van der Waals surface area contributed by atoms with E-state index >= 15 is 0 Å². The van der Waals surface area contributed by atoms with E-state index in [1.165, 1.54) is 17.0 Å². The number of thioether (sulfide) groups is 1. The minimum absolute atomic E-state index is 0.0566. The zero-order chi connectivity index (χ0) is 24.5. The van der Waals surface area contributed by atoms with Gasteiger partial charge < -0.3 is 5.32 Å². The molecule has 0 radical (unpaired) electrons. The number of halogens is 3. The largest absolute Gasteiger partial charge is 0.416 e. The van der Waals surface area contributed by atoms with Crippen LogP contribution in [0.5, 0.6) is 0 Å². The Morgan fingerprint density at radius 1 is 1.24 bits per heavy atom. The minimum Gasteiger partial charge on any atom is -0.325 e. The van der Waals surface area contributed by atoms with Crippen LogP contribution in [0.1, 0.15) is 30.9 Å². The van der Waals surface area contributed by atoms with E-state index in [2.05, 4.69) is 35.0 Å². The number of amidine groups is 1. The Labute approximate surface area is 199 Å². The number of hydrogen-bond acceptors (Lipinski definition) is 6. The third kappa shape index (κ3) is 5.26. The van der Waals surface area contributed by atoms with Crippen LogP contribution in [0, 0.1) is 5.92 Å². The molecule has 7 nitrogen and oxygen atoms in total. The van der Waals surface area contributed by atoms with Gasteiger partial charge in [-0.25, -0.2) is 10.4 Å². The van der Waals surface area contributed by atoms with E-state index in [4.69, 9.17) is 0 Å². The quantitative estimate of drug-likeness (QED) is 0.590. The summed E-state index contributed by atoms with van der Waals surface area (Å²) in [5, 5.41) is 2.95. The van der Waals surface area contributed by atoms with Crippen LogP contribution < -0.4 is 21.1 Å². The molecule has 2 aromatic carbocycles. The molecule has 34 heavy (non-hydrogen) atoms. The molecule has 0 spiro atoms. The molecule has 2 aliphatic rings. The maximum absolute atomic E-state index is 13.3. The van der Waals surface area contributed by atoms with E-state index in [-0.39, 0.29) is 28.4 Å². The van der Waals surface area contributed by atoms with Crippen molar-refractivity contribution in [3.05, 3.63) is 59.7 Å². The Hall–Kier alpha value is -2.89. The van der Waals surface area contributed by atoms with Gasteiger partial charge in [-0.15, -0.1) is 0 Å². The molecule has 0 saturated carbocycles. The number of carbonyl (C=O) groups is 2. The highest BCUT2D eigenvalue weighted by atomic mass is 32.2. The summed E-state index contributed by atoms with van der Waals surface area (Å²) in [7, 11) is 0. The molecular formula is C23H24F3N5O2S. The molecule has 3 N–H and O–H groups in total. The molecule has 2 unspecified atom stereocenters. The van der Waals surface area contributed by atoms with Gasteiger partial charge in [-0.1, -0.05) is 43.8 Å². The number of aliphatic imine (C=N–C) groups is 1. The summed E-state index contributed by atoms with van der Waals surface area (Å²) >= 11 is 0.996. The molecule has 180 valence electrons. The number of nitrogens with one attached hydrogen (secondary N) is 3. The standard InChI is InChI=1S/C23H24F3N5O2S/c1-13(2)14-6-8-16(9-7-14)28-19(32)12-34-22-29-20-18(11-27-30-20)21(33)31(22)17-5-3-4-15(10-17)23(24,25)26/h3-10,13,18,20,27,30H,11-12H2,1-2H3,(H,28,32). The smallest absolute Gasteiger partial charge is 0.325 e. The molecule has 0 aromatic heterocycles. The van der Waals surface area contributed by atoms with E-state index in [1.807, 2.05) is 24.3 Å². The van der Waals surface area contributed by atoms with Gasteiger partial charge in [0.2, 0.25) is 11.8 Å². The van der Waals surface area contributed by atoms with Crippen LogP contribution in [0.2, 0.25) is 0 Å². The molecule has 1 fully saturated rings. The van der Waals surface area contributed by atoms with E-state index < -0.39 is 23.8 Å². The Kier molecular flexibility index (Phi) is 6.96. The van der Waals surface area contributed by atoms with Crippen LogP contribution in [-0.4, -0.2) is 35.4 Å². The number of amides is 2. The topological polar surface area (TPSA) is 85.8 Å². The van der Waals surface area contributed by atoms with Crippen LogP contribution >= 0.6 is 11.8 Å². The molecule has 4 rings (SSSR count). The molecule has 2 heterocycles. The highest BCUT2D eigenvalue weighted by Crippen LogP contribution is 2.34. The van der Waals surface area contributed by atoms with Gasteiger partial charge in [0.15, 0.2) is 5.17 Å². The number of benzene rings is 2. The second-order valence-electron chi connectivity index (χ2n) is 8.32. The van der Waals surface area contributed by atoms with Gasteiger partial charge >= 0.3 is 6.18 Å². The molecule has 0 bridgehead atoms. The summed E-state index contributed by atoms with van der Waals surface area (Å²) < 4.78 is 39.8. The number of nitrogens with zero attached hydrogens (tertiary/aromatic N) is 2. The fraction of sp³-hybridized carbons (Fsp3) is 0.348. The number of hydrazine groups is 1. The molecule has 2 atom stereocenters. The first-order valence-electron chi connectivity index (χ1n) is 10.7. The van der Waals surface area contributed by atoms with Crippen LogP contribution in [0.4, 0.5) is 24.5 Å². The fourth-order valence-electron chi connectivity index (χ4n) is 3.71. The summed E-state index contributed by atoms with van der Waals surface area (Å²) in [4.78, 5) is 31.4. The van der Waals surface area contributed by atoms with Gasteiger partial charge in [0, 0.05) is 12.2 Å². The molecule has 2 aromatic rings. The van der Waals surface area contributed by atoms with Crippen molar-refractivity contribution in [2.45, 2.75) is 32.1 Å². The Morgan fingerprint density at radius 2 is 1.97 bits per heavy atom. The Bertz CT molecular complexity index is 1100. The van der Waals surface area contributed by atoms with Crippen LogP contribution in [-0.2, 0) is 15.8 Å². The third-order valence-electron chi connectivity index (χ3n) is 5.56. The first-order valence-corrected chi connectivity index (χ1v) is 11.7. The summed E-state index contributed by atoms with van der Waals surface area (Å²) in [6.45, 7) is 4.45. The number of alkyl halides is 3. The molecule has 0 aliphatic carbocycles. The van der Waals surface area contributed by atoms with Gasteiger partial charge in [-0.3, -0.25) is 19.9 Å². The minimum atomic E-state index is -4.55. The number of hydrogen-bond donors (Lipinski definition) is 3. The molecule has 2 aliphatic heterocycles. The highest BCUT2D eigenvalue weighted by Gasteiger charge is 2.43. The molecule has 2 amide bonds. The summed E-state index contributed by atoms with van der Waals surface area (Å²) in [5.41, 5.74) is 6.72. The molecule has 11 heteroatoms. The lowest BCUT2D eigenvalue weighted by Crippen LogP contribution is -2.49. The summed E-state index contributed by atoms with van der Waals surface area (Å²) in [6.07, 6.45) is -5.10. The van der Waals surface area contributed by atoms with Gasteiger partial charge in [-0.2, -0.15) is 13.2 Å². The second kappa shape index (κ2) is 9.77. The maximum Gasteiger partial charge on any atom is 0.416 e. The van der Waals surface area contributed by atoms with E-state index in [1.54, 1.807) is 0 Å². The van der Waals surface area contributed by atoms with Crippen molar-refractivity contribution in [3.63, 3.8) is 0 Å². The van der Waals surface area contributed by atoms with E-state index in [9.17, 15) is 22.8 Å². The first-order chi connectivity index (χ1) is 16.1. The summed E-state index contributed by atoms with van der Waals surface area (Å²) in [6, 6.07) is 12.0. The van der Waals surface area contributed by atoms with Crippen LogP contribution in [0.3, 0.4) is 0 Å². The summed E-state index contributed by atoms with van der Waals surface area (Å²) in [5.74, 6) is -0.970. The van der Waals surface area contributed by atoms with Gasteiger partial charge in [-0.05, 0) is 41.8 Å². The lowest BCUT2D eigenvalue weighted by Gasteiger charge is -2.32. The molecule has 1 saturated heterocycles. The van der Waals surface area contributed by atoms with E-state index in [0.29, 0.717) is 18.2 Å². The van der Waals surface area contributed by atoms with Gasteiger partial charge in [0.1, 0.15) is 6.17 Å². The van der Waals surface area contributed by atoms with Crippen molar-refractivity contribution in [1.29, 1.82) is 0 Å². The number of carbonyl (C=O) groups excluding carboxylic acids is 2. The average Bonchev–Trinajstić information content (AvgIpc) is 3.27. The Morgan fingerprint density at radius 3 is 2.65 bits per heavy atom. The predicted octanol–water partition coefficient (Wildman–Crippen LogP) is 3.95. The lowest BCUT2D eigenvalue weighted by atomic mass is 10.0. The van der Waals surface area contributed by atoms with Gasteiger partial charge in [0.25, 0.3) is 0 Å². The van der Waals surface area contributed by atoms with Crippen molar-refractivity contribution in [2.24, 2.45) is 10.9 Å². The Balaban J connectivity index is 1.52. The van der Waals surface area contributed by atoms with Crippen LogP contribution in [0.25, 0.3) is 0 Å². The highest BCUT2D eigenvalue weighted by molar-refractivity contribution is 8.14. The first kappa shape index (κ1) is 24.2. The predicted molar refractivity (Wildman–Crippen MR) is 126 cm³/mol. The van der Waals surface area contributed by atoms with Gasteiger partial charge in [0.05, 0.1) is 22.9 Å². The maximum atomic E-state index is 13.3.